The van der Waals surface area contributed by atoms with Crippen LogP contribution in [0.2, 0.25) is 0 Å². The lowest BCUT2D eigenvalue weighted by molar-refractivity contribution is -0.131. The number of rotatable bonds is 3. The average molecular weight is 404 g/mol. The van der Waals surface area contributed by atoms with Crippen molar-refractivity contribution < 1.29 is 9.18 Å². The van der Waals surface area contributed by atoms with Crippen molar-refractivity contribution in [2.75, 3.05) is 24.5 Å². The Morgan fingerprint density at radius 3 is 2.67 bits per heavy atom. The van der Waals surface area contributed by atoms with Crippen LogP contribution in [0, 0.1) is 12.7 Å². The third-order valence-corrected chi connectivity index (χ3v) is 6.42. The number of nitrogens with zero attached hydrogens (tertiary/aromatic N) is 4. The summed E-state index contributed by atoms with van der Waals surface area (Å²) in [5, 5.41) is 1.05. The van der Waals surface area contributed by atoms with Gasteiger partial charge in [0.2, 0.25) is 11.9 Å². The van der Waals surface area contributed by atoms with E-state index in [0.29, 0.717) is 12.5 Å². The van der Waals surface area contributed by atoms with Crippen LogP contribution in [0.25, 0.3) is 10.9 Å². The van der Waals surface area contributed by atoms with E-state index in [4.69, 9.17) is 9.97 Å². The number of para-hydroxylation sites is 1. The fourth-order valence-corrected chi connectivity index (χ4v) is 4.79. The number of likely N-dealkylation sites (tertiary alicyclic amines) is 1. The van der Waals surface area contributed by atoms with Crippen LogP contribution in [0.1, 0.15) is 36.4 Å². The third kappa shape index (κ3) is 3.40. The van der Waals surface area contributed by atoms with E-state index in [-0.39, 0.29) is 23.7 Å². The summed E-state index contributed by atoms with van der Waals surface area (Å²) in [6.07, 6.45) is 2.70. The number of aryl methyl sites for hydroxylation is 1. The monoisotopic (exact) mass is 404 g/mol. The quantitative estimate of drug-likeness (QED) is 0.661. The van der Waals surface area contributed by atoms with Gasteiger partial charge in [-0.1, -0.05) is 30.3 Å². The van der Waals surface area contributed by atoms with E-state index < -0.39 is 0 Å². The van der Waals surface area contributed by atoms with E-state index in [2.05, 4.69) is 4.90 Å². The van der Waals surface area contributed by atoms with Gasteiger partial charge >= 0.3 is 0 Å². The van der Waals surface area contributed by atoms with E-state index in [0.717, 1.165) is 54.5 Å². The average Bonchev–Trinajstić information content (AvgIpc) is 3.44. The standard InChI is InChI=1S/C24H25FN4O/c1-16-20-5-2-3-6-21(20)27-24(26-16)29-13-4-7-22(29)23(30)28-14-12-18(15-28)17-8-10-19(25)11-9-17/h2-3,5-6,8-11,18,22H,4,7,12-15H2,1H3/t18-,22-/m1/s1. The van der Waals surface area contributed by atoms with Gasteiger partial charge in [-0.05, 0) is 49.9 Å². The number of amides is 1. The molecule has 2 aliphatic heterocycles. The van der Waals surface area contributed by atoms with Crippen LogP contribution in [0.3, 0.4) is 0 Å². The van der Waals surface area contributed by atoms with Crippen molar-refractivity contribution in [3.05, 3.63) is 65.6 Å². The molecule has 0 radical (unpaired) electrons. The largest absolute Gasteiger partial charge is 0.340 e. The molecule has 0 aliphatic carbocycles. The van der Waals surface area contributed by atoms with Crippen LogP contribution in [0.15, 0.2) is 48.5 Å². The minimum absolute atomic E-state index is 0.159. The number of anilines is 1. The van der Waals surface area contributed by atoms with Gasteiger partial charge in [0.15, 0.2) is 0 Å². The van der Waals surface area contributed by atoms with Gasteiger partial charge in [-0.3, -0.25) is 4.79 Å². The number of hydrogen-bond acceptors (Lipinski definition) is 4. The highest BCUT2D eigenvalue weighted by Crippen LogP contribution is 2.31. The molecule has 2 saturated heterocycles. The summed E-state index contributed by atoms with van der Waals surface area (Å²) in [6.45, 7) is 4.22. The number of carbonyl (C=O) groups excluding carboxylic acids is 1. The number of hydrogen-bond donors (Lipinski definition) is 0. The molecule has 2 aromatic carbocycles. The van der Waals surface area contributed by atoms with Gasteiger partial charge in [-0.2, -0.15) is 0 Å². The molecule has 1 amide bonds. The van der Waals surface area contributed by atoms with E-state index in [9.17, 15) is 9.18 Å². The topological polar surface area (TPSA) is 49.3 Å². The van der Waals surface area contributed by atoms with Crippen LogP contribution in [0.5, 0.6) is 0 Å². The summed E-state index contributed by atoms with van der Waals surface area (Å²) in [5.41, 5.74) is 2.95. The lowest BCUT2D eigenvalue weighted by Crippen LogP contribution is -2.45. The van der Waals surface area contributed by atoms with Gasteiger partial charge in [0.05, 0.1) is 11.2 Å². The van der Waals surface area contributed by atoms with Crippen molar-refractivity contribution in [2.45, 2.75) is 38.1 Å². The van der Waals surface area contributed by atoms with Crippen molar-refractivity contribution in [2.24, 2.45) is 0 Å². The van der Waals surface area contributed by atoms with Crippen LogP contribution >= 0.6 is 0 Å². The van der Waals surface area contributed by atoms with Gasteiger partial charge in [0, 0.05) is 30.9 Å². The summed E-state index contributed by atoms with van der Waals surface area (Å²) < 4.78 is 13.2. The molecule has 0 bridgehead atoms. The first-order chi connectivity index (χ1) is 14.6. The Balaban J connectivity index is 1.35. The van der Waals surface area contributed by atoms with Crippen LogP contribution in [0.4, 0.5) is 10.3 Å². The van der Waals surface area contributed by atoms with Gasteiger partial charge < -0.3 is 9.80 Å². The first kappa shape index (κ1) is 19.0. The summed E-state index contributed by atoms with van der Waals surface area (Å²) in [6, 6.07) is 14.4. The second kappa shape index (κ2) is 7.67. The van der Waals surface area contributed by atoms with Gasteiger partial charge in [0.1, 0.15) is 11.9 Å². The van der Waals surface area contributed by atoms with E-state index in [1.807, 2.05) is 48.2 Å². The minimum Gasteiger partial charge on any atom is -0.340 e. The fourth-order valence-electron chi connectivity index (χ4n) is 4.79. The zero-order chi connectivity index (χ0) is 20.7. The Hall–Kier alpha value is -3.02. The van der Waals surface area contributed by atoms with Crippen molar-refractivity contribution in [3.8, 4) is 0 Å². The number of benzene rings is 2. The molecular formula is C24H25FN4O. The molecule has 0 N–H and O–H groups in total. The normalized spacial score (nSPS) is 21.5. The smallest absolute Gasteiger partial charge is 0.245 e. The minimum atomic E-state index is -0.225. The molecule has 6 heteroatoms. The molecule has 1 aromatic heterocycles. The fraction of sp³-hybridized carbons (Fsp3) is 0.375. The Bertz CT molecular complexity index is 1080. The zero-order valence-corrected chi connectivity index (χ0v) is 17.1. The molecule has 2 aliphatic rings. The maximum absolute atomic E-state index is 13.4. The summed E-state index contributed by atoms with van der Waals surface area (Å²) in [7, 11) is 0. The van der Waals surface area contributed by atoms with Crippen LogP contribution in [-0.2, 0) is 4.79 Å². The van der Waals surface area contributed by atoms with Crippen molar-refractivity contribution in [3.63, 3.8) is 0 Å². The van der Waals surface area contributed by atoms with Gasteiger partial charge in [-0.15, -0.1) is 0 Å². The first-order valence-corrected chi connectivity index (χ1v) is 10.6. The summed E-state index contributed by atoms with van der Waals surface area (Å²) in [4.78, 5) is 26.9. The highest BCUT2D eigenvalue weighted by molar-refractivity contribution is 5.87. The molecule has 0 spiro atoms. The molecule has 0 unspecified atom stereocenters. The van der Waals surface area contributed by atoms with E-state index >= 15 is 0 Å². The van der Waals surface area contributed by atoms with Crippen molar-refractivity contribution >= 4 is 22.8 Å². The highest BCUT2D eigenvalue weighted by Gasteiger charge is 2.38. The van der Waals surface area contributed by atoms with E-state index in [1.165, 1.54) is 12.1 Å². The Morgan fingerprint density at radius 2 is 1.83 bits per heavy atom. The molecule has 0 saturated carbocycles. The van der Waals surface area contributed by atoms with E-state index in [1.54, 1.807) is 0 Å². The Morgan fingerprint density at radius 1 is 1.03 bits per heavy atom. The number of halogens is 1. The van der Waals surface area contributed by atoms with Crippen molar-refractivity contribution in [1.82, 2.24) is 14.9 Å². The molecule has 30 heavy (non-hydrogen) atoms. The maximum atomic E-state index is 13.4. The van der Waals surface area contributed by atoms with Crippen molar-refractivity contribution in [1.29, 1.82) is 0 Å². The molecule has 2 fully saturated rings. The molecular weight excluding hydrogens is 379 g/mol. The highest BCUT2D eigenvalue weighted by atomic mass is 19.1. The lowest BCUT2D eigenvalue weighted by atomic mass is 9.98. The Kier molecular flexibility index (Phi) is 4.85. The predicted molar refractivity (Wildman–Crippen MR) is 115 cm³/mol. The molecule has 5 nitrogen and oxygen atoms in total. The number of carbonyl (C=O) groups is 1. The Labute approximate surface area is 175 Å². The third-order valence-electron chi connectivity index (χ3n) is 6.42. The number of fused-ring (bicyclic) bond motifs is 1. The van der Waals surface area contributed by atoms with Gasteiger partial charge in [0.25, 0.3) is 0 Å². The zero-order valence-electron chi connectivity index (χ0n) is 17.1. The molecule has 5 rings (SSSR count). The second-order valence-electron chi connectivity index (χ2n) is 8.30. The second-order valence-corrected chi connectivity index (χ2v) is 8.30. The van der Waals surface area contributed by atoms with Crippen LogP contribution in [-0.4, -0.2) is 46.5 Å². The molecule has 3 aromatic rings. The summed E-state index contributed by atoms with van der Waals surface area (Å²) >= 11 is 0. The molecule has 2 atom stereocenters. The molecule has 154 valence electrons. The lowest BCUT2D eigenvalue weighted by Gasteiger charge is -2.28. The van der Waals surface area contributed by atoms with Gasteiger partial charge in [-0.25, -0.2) is 14.4 Å². The maximum Gasteiger partial charge on any atom is 0.245 e. The van der Waals surface area contributed by atoms with Crippen LogP contribution < -0.4 is 4.90 Å². The first-order valence-electron chi connectivity index (χ1n) is 10.6. The SMILES string of the molecule is Cc1nc(N2CCC[C@@H]2C(=O)N2CC[C@@H](c3ccc(F)cc3)C2)nc2ccccc12. The number of aromatic nitrogens is 2. The predicted octanol–water partition coefficient (Wildman–Crippen LogP) is 4.06. The molecule has 3 heterocycles. The summed E-state index contributed by atoms with van der Waals surface area (Å²) in [5.74, 6) is 0.850.